The Morgan fingerprint density at radius 3 is 2.75 bits per heavy atom. The second kappa shape index (κ2) is 4.99. The van der Waals surface area contributed by atoms with Gasteiger partial charge in [-0.3, -0.25) is 4.99 Å². The number of aliphatic imine (C=N–C) groups is 1. The predicted molar refractivity (Wildman–Crippen MR) is 88.8 cm³/mol. The lowest BCUT2D eigenvalue weighted by Gasteiger charge is -2.39. The maximum absolute atomic E-state index is 13.3. The first kappa shape index (κ1) is 16.0. The van der Waals surface area contributed by atoms with E-state index in [1.54, 1.807) is 13.8 Å². The van der Waals surface area contributed by atoms with E-state index in [0.717, 1.165) is 31.4 Å². The molecule has 5 unspecified atom stereocenters. The summed E-state index contributed by atoms with van der Waals surface area (Å²) in [5, 5.41) is 0. The third-order valence-electron chi connectivity index (χ3n) is 6.48. The summed E-state index contributed by atoms with van der Waals surface area (Å²) in [6, 6.07) is -0.576. The van der Waals surface area contributed by atoms with E-state index in [1.165, 1.54) is 17.2 Å². The molecule has 1 aliphatic heterocycles. The van der Waals surface area contributed by atoms with Gasteiger partial charge in [0.25, 0.3) is 0 Å². The van der Waals surface area contributed by atoms with E-state index in [-0.39, 0.29) is 11.6 Å². The molecule has 5 heteroatoms. The molecule has 5 atom stereocenters. The zero-order valence-corrected chi connectivity index (χ0v) is 14.1. The minimum Gasteiger partial charge on any atom is -0.365 e. The number of nitrogens with zero attached hydrogens (tertiary/aromatic N) is 2. The van der Waals surface area contributed by atoms with Crippen molar-refractivity contribution in [3.63, 3.8) is 0 Å². The fourth-order valence-electron chi connectivity index (χ4n) is 5.17. The van der Waals surface area contributed by atoms with Crippen LogP contribution in [0.4, 0.5) is 13.2 Å². The number of hydrogen-bond donors (Lipinski definition) is 0. The van der Waals surface area contributed by atoms with E-state index >= 15 is 0 Å². The summed E-state index contributed by atoms with van der Waals surface area (Å²) < 4.78 is 39.8. The maximum atomic E-state index is 13.3. The standard InChI is InChI=1S/C19H23F3N2/c1-11-8-16(19(20,21)22)12(2)24(11)15-7-5-13-4-6-14-10-18(14,23-3)17(13)9-15/h5,7-8,12,14-16H,3-4,6,9-10H2,1-2H3. The lowest BCUT2D eigenvalue weighted by Crippen LogP contribution is -2.43. The van der Waals surface area contributed by atoms with Crippen LogP contribution in [-0.2, 0) is 0 Å². The molecule has 0 bridgehead atoms. The summed E-state index contributed by atoms with van der Waals surface area (Å²) >= 11 is 0. The van der Waals surface area contributed by atoms with E-state index in [1.807, 2.05) is 4.90 Å². The molecule has 4 rings (SSSR count). The van der Waals surface area contributed by atoms with Gasteiger partial charge in [0.05, 0.1) is 17.5 Å². The topological polar surface area (TPSA) is 15.6 Å². The second-order valence-electron chi connectivity index (χ2n) is 7.68. The van der Waals surface area contributed by atoms with Gasteiger partial charge >= 0.3 is 6.18 Å². The molecule has 1 fully saturated rings. The van der Waals surface area contributed by atoms with Gasteiger partial charge in [-0.1, -0.05) is 18.2 Å². The average Bonchev–Trinajstić information content (AvgIpc) is 3.19. The largest absolute Gasteiger partial charge is 0.397 e. The monoisotopic (exact) mass is 336 g/mol. The van der Waals surface area contributed by atoms with Gasteiger partial charge in [0.2, 0.25) is 0 Å². The minimum absolute atomic E-state index is 0.0136. The van der Waals surface area contributed by atoms with E-state index in [4.69, 9.17) is 0 Å². The normalized spacial score (nSPS) is 41.0. The highest BCUT2D eigenvalue weighted by Crippen LogP contribution is 2.61. The number of halogens is 3. The summed E-state index contributed by atoms with van der Waals surface area (Å²) in [7, 11) is 0. The second-order valence-corrected chi connectivity index (χ2v) is 7.68. The first-order chi connectivity index (χ1) is 11.3. The van der Waals surface area contributed by atoms with Crippen molar-refractivity contribution in [1.29, 1.82) is 0 Å². The maximum Gasteiger partial charge on any atom is 0.397 e. The molecule has 130 valence electrons. The fraction of sp³-hybridized carbons (Fsp3) is 0.632. The molecule has 0 spiro atoms. The highest BCUT2D eigenvalue weighted by Gasteiger charge is 2.59. The first-order valence-electron chi connectivity index (χ1n) is 8.70. The summed E-state index contributed by atoms with van der Waals surface area (Å²) in [6.07, 6.45) is 5.47. The number of hydrogen-bond acceptors (Lipinski definition) is 2. The highest BCUT2D eigenvalue weighted by atomic mass is 19.4. The molecule has 1 heterocycles. The number of fused-ring (bicyclic) bond motifs is 2. The lowest BCUT2D eigenvalue weighted by molar-refractivity contribution is -0.170. The Hall–Kier alpha value is -1.52. The molecular formula is C19H23F3N2. The Labute approximate surface area is 140 Å². The zero-order valence-electron chi connectivity index (χ0n) is 14.1. The van der Waals surface area contributed by atoms with Gasteiger partial charge in [-0.15, -0.1) is 0 Å². The third-order valence-corrected chi connectivity index (χ3v) is 6.48. The van der Waals surface area contributed by atoms with Gasteiger partial charge in [0.15, 0.2) is 0 Å². The first-order valence-corrected chi connectivity index (χ1v) is 8.70. The fourth-order valence-corrected chi connectivity index (χ4v) is 5.17. The minimum atomic E-state index is -4.19. The molecule has 0 radical (unpaired) electrons. The summed E-state index contributed by atoms with van der Waals surface area (Å²) in [5.41, 5.74) is 3.29. The smallest absolute Gasteiger partial charge is 0.365 e. The van der Waals surface area contributed by atoms with Crippen LogP contribution in [-0.4, -0.2) is 35.4 Å². The summed E-state index contributed by atoms with van der Waals surface area (Å²) in [5.74, 6) is -0.788. The molecule has 3 aliphatic carbocycles. The Kier molecular flexibility index (Phi) is 3.32. The van der Waals surface area contributed by atoms with E-state index in [2.05, 4.69) is 23.9 Å². The van der Waals surface area contributed by atoms with Gasteiger partial charge in [0, 0.05) is 11.7 Å². The van der Waals surface area contributed by atoms with Crippen LogP contribution in [0.25, 0.3) is 0 Å². The Balaban J connectivity index is 1.60. The van der Waals surface area contributed by atoms with Gasteiger partial charge < -0.3 is 4.90 Å². The van der Waals surface area contributed by atoms with Crippen LogP contribution in [0, 0.1) is 11.8 Å². The van der Waals surface area contributed by atoms with Crippen LogP contribution < -0.4 is 0 Å². The van der Waals surface area contributed by atoms with Gasteiger partial charge in [-0.05, 0) is 63.3 Å². The van der Waals surface area contributed by atoms with E-state index in [0.29, 0.717) is 5.92 Å². The molecule has 24 heavy (non-hydrogen) atoms. The quantitative estimate of drug-likeness (QED) is 0.670. The van der Waals surface area contributed by atoms with Crippen LogP contribution in [0.5, 0.6) is 0 Å². The molecule has 0 amide bonds. The van der Waals surface area contributed by atoms with Gasteiger partial charge in [0.1, 0.15) is 0 Å². The van der Waals surface area contributed by atoms with Crippen LogP contribution >= 0.6 is 0 Å². The van der Waals surface area contributed by atoms with E-state index < -0.39 is 18.1 Å². The van der Waals surface area contributed by atoms with Crippen molar-refractivity contribution in [3.8, 4) is 0 Å². The van der Waals surface area contributed by atoms with Crippen molar-refractivity contribution in [1.82, 2.24) is 4.90 Å². The van der Waals surface area contributed by atoms with Crippen molar-refractivity contribution in [2.24, 2.45) is 16.8 Å². The van der Waals surface area contributed by atoms with Crippen molar-refractivity contribution in [2.45, 2.75) is 63.3 Å². The van der Waals surface area contributed by atoms with Crippen LogP contribution in [0.2, 0.25) is 0 Å². The number of allylic oxidation sites excluding steroid dienone is 3. The molecule has 1 saturated carbocycles. The summed E-state index contributed by atoms with van der Waals surface area (Å²) in [4.78, 5) is 6.38. The lowest BCUT2D eigenvalue weighted by atomic mass is 9.80. The third kappa shape index (κ3) is 2.12. The summed E-state index contributed by atoms with van der Waals surface area (Å²) in [6.45, 7) is 7.28. The molecule has 0 N–H and O–H groups in total. The van der Waals surface area contributed by atoms with Gasteiger partial charge in [-0.2, -0.15) is 13.2 Å². The van der Waals surface area contributed by atoms with Crippen molar-refractivity contribution in [3.05, 3.63) is 35.1 Å². The van der Waals surface area contributed by atoms with Gasteiger partial charge in [-0.25, -0.2) is 0 Å². The molecule has 4 aliphatic rings. The molecular weight excluding hydrogens is 313 g/mol. The predicted octanol–water partition coefficient (Wildman–Crippen LogP) is 4.65. The van der Waals surface area contributed by atoms with Crippen LogP contribution in [0.15, 0.2) is 40.1 Å². The van der Waals surface area contributed by atoms with Crippen LogP contribution in [0.3, 0.4) is 0 Å². The number of rotatable bonds is 2. The Bertz CT molecular complexity index is 673. The molecule has 0 aromatic heterocycles. The molecule has 0 saturated heterocycles. The molecule has 2 nitrogen and oxygen atoms in total. The SMILES string of the molecule is C=NC12CC1CCC1=C2CC(N2C(C)=CC(C(F)(F)F)C2C)C=C1. The van der Waals surface area contributed by atoms with Crippen LogP contribution in [0.1, 0.15) is 39.5 Å². The van der Waals surface area contributed by atoms with Crippen molar-refractivity contribution in [2.75, 3.05) is 0 Å². The molecule has 0 aromatic rings. The Morgan fingerprint density at radius 2 is 2.12 bits per heavy atom. The highest BCUT2D eigenvalue weighted by molar-refractivity contribution is 5.50. The Morgan fingerprint density at radius 1 is 1.38 bits per heavy atom. The zero-order chi connectivity index (χ0) is 17.3. The molecule has 0 aromatic carbocycles. The average molecular weight is 336 g/mol. The number of alkyl halides is 3. The van der Waals surface area contributed by atoms with E-state index in [9.17, 15) is 13.2 Å². The van der Waals surface area contributed by atoms with Crippen molar-refractivity contribution >= 4 is 6.72 Å². The van der Waals surface area contributed by atoms with Crippen molar-refractivity contribution < 1.29 is 13.2 Å².